The predicted octanol–water partition coefficient (Wildman–Crippen LogP) is 3.68. The first-order chi connectivity index (χ1) is 11.9. The third-order valence-electron chi connectivity index (χ3n) is 5.66. The van der Waals surface area contributed by atoms with Gasteiger partial charge < -0.3 is 0 Å². The van der Waals surface area contributed by atoms with Gasteiger partial charge in [0.05, 0.1) is 10.3 Å². The Kier molecular flexibility index (Phi) is 3.53. The van der Waals surface area contributed by atoms with Crippen molar-refractivity contribution in [2.24, 2.45) is 5.92 Å². The van der Waals surface area contributed by atoms with Crippen LogP contribution in [0.4, 0.5) is 0 Å². The second-order valence-corrected chi connectivity index (χ2v) is 8.92. The summed E-state index contributed by atoms with van der Waals surface area (Å²) in [4.78, 5) is 0.346. The molecule has 2 aromatic carbocycles. The summed E-state index contributed by atoms with van der Waals surface area (Å²) in [6.07, 6.45) is 0. The molecule has 0 spiro atoms. The Morgan fingerprint density at radius 1 is 1.00 bits per heavy atom. The van der Waals surface area contributed by atoms with E-state index in [1.165, 1.54) is 0 Å². The Hall–Kier alpha value is -2.17. The lowest BCUT2D eigenvalue weighted by Gasteiger charge is -2.59. The predicted molar refractivity (Wildman–Crippen MR) is 99.8 cm³/mol. The molecule has 1 saturated carbocycles. The van der Waals surface area contributed by atoms with Crippen molar-refractivity contribution in [1.82, 2.24) is 4.31 Å². The van der Waals surface area contributed by atoms with Gasteiger partial charge in [-0.15, -0.1) is 0 Å². The normalized spacial score (nSPS) is 26.4. The van der Waals surface area contributed by atoms with Crippen molar-refractivity contribution >= 4 is 10.0 Å². The number of nitrogens with zero attached hydrogens (tertiary/aromatic N) is 1. The van der Waals surface area contributed by atoms with Crippen LogP contribution in [0.2, 0.25) is 0 Å². The summed E-state index contributed by atoms with van der Waals surface area (Å²) in [6.45, 7) is 11.3. The van der Waals surface area contributed by atoms with Crippen molar-refractivity contribution in [2.45, 2.75) is 17.2 Å². The minimum absolute atomic E-state index is 0.0363. The molecule has 2 heterocycles. The summed E-state index contributed by atoms with van der Waals surface area (Å²) >= 11 is 0. The van der Waals surface area contributed by atoms with E-state index in [2.05, 4.69) is 13.2 Å². The van der Waals surface area contributed by atoms with Gasteiger partial charge in [0.25, 0.3) is 0 Å². The number of sulfonamides is 1. The number of hydrogen-bond donors (Lipinski definition) is 0. The van der Waals surface area contributed by atoms with Gasteiger partial charge in [-0.3, -0.25) is 0 Å². The molecule has 2 saturated heterocycles. The third-order valence-corrected chi connectivity index (χ3v) is 7.49. The monoisotopic (exact) mass is 351 g/mol. The maximum Gasteiger partial charge on any atom is 0.243 e. The second-order valence-electron chi connectivity index (χ2n) is 6.99. The van der Waals surface area contributed by atoms with E-state index in [9.17, 15) is 8.42 Å². The minimum Gasteiger partial charge on any atom is -0.207 e. The van der Waals surface area contributed by atoms with Crippen molar-refractivity contribution in [3.8, 4) is 0 Å². The van der Waals surface area contributed by atoms with Gasteiger partial charge in [-0.25, -0.2) is 8.42 Å². The molecular weight excluding hydrogens is 330 g/mol. The number of piperidine rings is 2. The van der Waals surface area contributed by atoms with E-state index < -0.39 is 15.4 Å². The van der Waals surface area contributed by atoms with Crippen LogP contribution in [0.5, 0.6) is 0 Å². The van der Waals surface area contributed by atoms with Gasteiger partial charge in [0, 0.05) is 19.0 Å². The summed E-state index contributed by atoms with van der Waals surface area (Å²) in [6, 6.07) is 17.0. The molecule has 2 aromatic rings. The molecular formula is C21H21NO2S. The zero-order valence-electron chi connectivity index (χ0n) is 14.3. The van der Waals surface area contributed by atoms with Crippen LogP contribution in [0.1, 0.15) is 11.1 Å². The lowest BCUT2D eigenvalue weighted by atomic mass is 9.50. The van der Waals surface area contributed by atoms with E-state index in [1.54, 1.807) is 16.4 Å². The molecule has 0 aromatic heterocycles. The van der Waals surface area contributed by atoms with E-state index in [1.807, 2.05) is 49.4 Å². The Balaban J connectivity index is 1.74. The van der Waals surface area contributed by atoms with Gasteiger partial charge in [0.2, 0.25) is 10.0 Å². The highest BCUT2D eigenvalue weighted by atomic mass is 32.2. The average molecular weight is 351 g/mol. The maximum absolute atomic E-state index is 13.1. The summed E-state index contributed by atoms with van der Waals surface area (Å²) in [5.41, 5.74) is 3.83. The molecule has 3 nitrogen and oxygen atoms in total. The van der Waals surface area contributed by atoms with Gasteiger partial charge in [-0.2, -0.15) is 4.31 Å². The summed E-state index contributed by atoms with van der Waals surface area (Å²) in [5, 5.41) is 0. The van der Waals surface area contributed by atoms with Crippen LogP contribution < -0.4 is 0 Å². The van der Waals surface area contributed by atoms with Crippen LogP contribution in [0, 0.1) is 12.8 Å². The van der Waals surface area contributed by atoms with Crippen LogP contribution in [0.3, 0.4) is 0 Å². The highest BCUT2D eigenvalue weighted by Gasteiger charge is 2.59. The van der Waals surface area contributed by atoms with Crippen LogP contribution >= 0.6 is 0 Å². The smallest absolute Gasteiger partial charge is 0.207 e. The molecule has 4 heteroatoms. The van der Waals surface area contributed by atoms with E-state index in [0.717, 1.165) is 22.3 Å². The minimum atomic E-state index is -3.52. The lowest BCUT2D eigenvalue weighted by molar-refractivity contribution is 0.200. The van der Waals surface area contributed by atoms with Crippen LogP contribution in [0.25, 0.3) is 0 Å². The van der Waals surface area contributed by atoms with Crippen molar-refractivity contribution in [1.29, 1.82) is 0 Å². The summed E-state index contributed by atoms with van der Waals surface area (Å²) in [5.74, 6) is 0.0363. The van der Waals surface area contributed by atoms with Gasteiger partial charge in [-0.05, 0) is 24.6 Å². The van der Waals surface area contributed by atoms with Crippen LogP contribution in [-0.2, 0) is 15.4 Å². The summed E-state index contributed by atoms with van der Waals surface area (Å²) < 4.78 is 27.8. The molecule has 128 valence electrons. The molecule has 1 aliphatic carbocycles. The fourth-order valence-corrected chi connectivity index (χ4v) is 5.60. The van der Waals surface area contributed by atoms with Gasteiger partial charge >= 0.3 is 0 Å². The standard InChI is InChI=1S/C21H21NO2S/c1-15-9-11-19(12-10-15)25(23,24)22-13-20-16(2)21(14-22,17(20)3)18-7-5-4-6-8-18/h4-12,20H,2-3,13-14H2,1H3. The van der Waals surface area contributed by atoms with Crippen molar-refractivity contribution in [2.75, 3.05) is 13.1 Å². The van der Waals surface area contributed by atoms with Crippen LogP contribution in [0.15, 0.2) is 83.8 Å². The van der Waals surface area contributed by atoms with Gasteiger partial charge in [-0.1, -0.05) is 72.3 Å². The van der Waals surface area contributed by atoms with E-state index in [4.69, 9.17) is 0 Å². The third kappa shape index (κ3) is 2.17. The Morgan fingerprint density at radius 2 is 1.60 bits per heavy atom. The number of aryl methyl sites for hydroxylation is 1. The Labute approximate surface area is 149 Å². The van der Waals surface area contributed by atoms with Crippen molar-refractivity contribution < 1.29 is 8.42 Å². The van der Waals surface area contributed by atoms with Crippen LogP contribution in [-0.4, -0.2) is 25.8 Å². The van der Waals surface area contributed by atoms with Gasteiger partial charge in [0.15, 0.2) is 0 Å². The Bertz CT molecular complexity index is 943. The molecule has 0 N–H and O–H groups in total. The fourth-order valence-electron chi connectivity index (χ4n) is 4.12. The van der Waals surface area contributed by atoms with Crippen molar-refractivity contribution in [3.63, 3.8) is 0 Å². The zero-order chi connectivity index (χ0) is 17.8. The molecule has 0 amide bonds. The molecule has 0 atom stereocenters. The lowest BCUT2D eigenvalue weighted by Crippen LogP contribution is -2.63. The fraction of sp³-hybridized carbons (Fsp3) is 0.238. The number of hydrogen-bond acceptors (Lipinski definition) is 2. The molecule has 3 aliphatic rings. The first kappa shape index (κ1) is 16.3. The van der Waals surface area contributed by atoms with E-state index >= 15 is 0 Å². The zero-order valence-corrected chi connectivity index (χ0v) is 15.1. The molecule has 0 unspecified atom stereocenters. The topological polar surface area (TPSA) is 37.4 Å². The van der Waals surface area contributed by atoms with E-state index in [0.29, 0.717) is 18.0 Å². The average Bonchev–Trinajstić information content (AvgIpc) is 2.63. The number of benzene rings is 2. The van der Waals surface area contributed by atoms with Crippen molar-refractivity contribution in [3.05, 3.63) is 90.0 Å². The first-order valence-electron chi connectivity index (χ1n) is 8.38. The SMILES string of the molecule is C=C1C2CN(S(=O)(=O)c3ccc(C)cc3)CC1(c1ccccc1)C2=C. The maximum atomic E-state index is 13.1. The molecule has 2 bridgehead atoms. The summed E-state index contributed by atoms with van der Waals surface area (Å²) in [7, 11) is -3.52. The molecule has 2 aliphatic heterocycles. The van der Waals surface area contributed by atoms with E-state index in [-0.39, 0.29) is 5.92 Å². The molecule has 25 heavy (non-hydrogen) atoms. The highest BCUT2D eigenvalue weighted by Crippen LogP contribution is 2.59. The number of rotatable bonds is 3. The molecule has 5 rings (SSSR count). The Morgan fingerprint density at radius 3 is 2.20 bits per heavy atom. The highest BCUT2D eigenvalue weighted by molar-refractivity contribution is 7.89. The second kappa shape index (κ2) is 5.41. The quantitative estimate of drug-likeness (QED) is 0.791. The number of fused-ring (bicyclic) bond motifs is 2. The largest absolute Gasteiger partial charge is 0.243 e. The first-order valence-corrected chi connectivity index (χ1v) is 9.82. The molecule has 0 radical (unpaired) electrons. The molecule has 3 fully saturated rings. The van der Waals surface area contributed by atoms with Gasteiger partial charge in [0.1, 0.15) is 0 Å².